The lowest BCUT2D eigenvalue weighted by Crippen LogP contribution is -2.51. The molecule has 0 aliphatic carbocycles. The summed E-state index contributed by atoms with van der Waals surface area (Å²) in [6.45, 7) is 2.83. The third-order valence-electron chi connectivity index (χ3n) is 5.01. The molecule has 2 saturated heterocycles. The molecular formula is C17H23Cl3N2O2S. The minimum Gasteiger partial charge on any atom is -0.354 e. The van der Waals surface area contributed by atoms with E-state index in [2.05, 4.69) is 10.2 Å². The van der Waals surface area contributed by atoms with E-state index in [4.69, 9.17) is 39.5 Å². The predicted molar refractivity (Wildman–Crippen MR) is 104 cm³/mol. The van der Waals surface area contributed by atoms with Crippen molar-refractivity contribution in [3.63, 3.8) is 0 Å². The van der Waals surface area contributed by atoms with Crippen molar-refractivity contribution in [1.29, 1.82) is 0 Å². The number of piperidine rings is 2. The first-order valence-electron chi connectivity index (χ1n) is 8.72. The second-order valence-electron chi connectivity index (χ2n) is 6.71. The summed E-state index contributed by atoms with van der Waals surface area (Å²) in [7, 11) is 0. The zero-order valence-electron chi connectivity index (χ0n) is 13.9. The number of hydrogen-bond donors (Lipinski definition) is 1. The lowest BCUT2D eigenvalue weighted by atomic mass is 9.84. The van der Waals surface area contributed by atoms with Crippen molar-refractivity contribution < 1.29 is 9.53 Å². The zero-order valence-corrected chi connectivity index (χ0v) is 17.0. The summed E-state index contributed by atoms with van der Waals surface area (Å²) in [5.41, 5.74) is 0. The summed E-state index contributed by atoms with van der Waals surface area (Å²) in [6.07, 6.45) is 5.06. The van der Waals surface area contributed by atoms with Crippen molar-refractivity contribution in [3.8, 4) is 0 Å². The average Bonchev–Trinajstić information content (AvgIpc) is 3.12. The van der Waals surface area contributed by atoms with Crippen LogP contribution < -0.4 is 5.32 Å². The molecule has 2 fully saturated rings. The van der Waals surface area contributed by atoms with E-state index in [0.29, 0.717) is 23.4 Å². The van der Waals surface area contributed by atoms with Gasteiger partial charge >= 0.3 is 0 Å². The highest BCUT2D eigenvalue weighted by atomic mass is 35.6. The number of carbonyl (C=O) groups is 1. The molecule has 3 atom stereocenters. The minimum absolute atomic E-state index is 0.283. The topological polar surface area (TPSA) is 41.6 Å². The number of nitrogens with zero attached hydrogens (tertiary/aromatic N) is 1. The van der Waals surface area contributed by atoms with Crippen molar-refractivity contribution in [3.05, 3.63) is 22.4 Å². The maximum atomic E-state index is 12.3. The molecular weight excluding hydrogens is 403 g/mol. The number of carbonyl (C=O) groups excluding carboxylic acids is 1. The number of thiophene rings is 1. The van der Waals surface area contributed by atoms with Crippen LogP contribution in [0.5, 0.6) is 0 Å². The van der Waals surface area contributed by atoms with E-state index in [-0.39, 0.29) is 5.91 Å². The maximum absolute atomic E-state index is 12.3. The van der Waals surface area contributed by atoms with Crippen molar-refractivity contribution >= 4 is 52.0 Å². The van der Waals surface area contributed by atoms with Crippen LogP contribution >= 0.6 is 46.1 Å². The maximum Gasteiger partial charge on any atom is 0.263 e. The third kappa shape index (κ3) is 5.24. The molecule has 1 aromatic rings. The van der Waals surface area contributed by atoms with E-state index >= 15 is 0 Å². The Labute approximate surface area is 167 Å². The first-order chi connectivity index (χ1) is 11.9. The van der Waals surface area contributed by atoms with Gasteiger partial charge in [-0.3, -0.25) is 4.79 Å². The van der Waals surface area contributed by atoms with Gasteiger partial charge in [0, 0.05) is 6.04 Å². The summed E-state index contributed by atoms with van der Waals surface area (Å²) < 4.78 is 4.20. The van der Waals surface area contributed by atoms with Gasteiger partial charge in [0.1, 0.15) is 0 Å². The Morgan fingerprint density at radius 2 is 2.12 bits per heavy atom. The molecule has 1 N–H and O–H groups in total. The Bertz CT molecular complexity index is 563. The van der Waals surface area contributed by atoms with Crippen LogP contribution in [-0.2, 0) is 4.74 Å². The van der Waals surface area contributed by atoms with Crippen molar-refractivity contribution in [2.75, 3.05) is 19.7 Å². The fraction of sp³-hybridized carbons (Fsp3) is 0.706. The second-order valence-corrected chi connectivity index (χ2v) is 10.0. The van der Waals surface area contributed by atoms with Crippen LogP contribution in [0.25, 0.3) is 0 Å². The highest BCUT2D eigenvalue weighted by Crippen LogP contribution is 2.34. The van der Waals surface area contributed by atoms with Gasteiger partial charge in [-0.1, -0.05) is 47.3 Å². The van der Waals surface area contributed by atoms with E-state index in [1.165, 1.54) is 50.1 Å². The third-order valence-corrected chi connectivity index (χ3v) is 6.47. The molecule has 2 aliphatic heterocycles. The summed E-state index contributed by atoms with van der Waals surface area (Å²) in [6, 6.07) is 4.09. The fourth-order valence-electron chi connectivity index (χ4n) is 3.81. The molecule has 1 aromatic heterocycles. The Morgan fingerprint density at radius 3 is 2.84 bits per heavy atom. The van der Waals surface area contributed by atoms with Crippen molar-refractivity contribution in [2.45, 2.75) is 48.2 Å². The molecule has 0 unspecified atom stereocenters. The Hall–Kier alpha value is -0.0400. The number of rotatable bonds is 5. The van der Waals surface area contributed by atoms with Crippen LogP contribution in [0.1, 0.15) is 41.8 Å². The molecule has 0 radical (unpaired) electrons. The van der Waals surface area contributed by atoms with Crippen molar-refractivity contribution in [1.82, 2.24) is 10.2 Å². The second kappa shape index (κ2) is 8.77. The van der Waals surface area contributed by atoms with Gasteiger partial charge in [-0.25, -0.2) is 0 Å². The molecule has 3 heterocycles. The normalized spacial score (nSPS) is 26.0. The highest BCUT2D eigenvalue weighted by Gasteiger charge is 2.38. The molecule has 0 spiro atoms. The standard InChI is InChI=1S/C17H23Cl3N2O2S/c18-17(19,20)16(21-15(23)14-7-4-10-25-14)24-11-12-5-3-9-22-8-2-1-6-13(12)22/h4,7,10,12-13,16H,1-3,5-6,8-9,11H2,(H,21,23)/t12-,13+,16-/m0/s1. The Balaban J connectivity index is 1.59. The van der Waals surface area contributed by atoms with E-state index in [1.54, 1.807) is 6.07 Å². The van der Waals surface area contributed by atoms with Gasteiger partial charge in [-0.05, 0) is 56.1 Å². The van der Waals surface area contributed by atoms with Crippen LogP contribution in [-0.4, -0.2) is 46.6 Å². The monoisotopic (exact) mass is 424 g/mol. The molecule has 25 heavy (non-hydrogen) atoms. The first-order valence-corrected chi connectivity index (χ1v) is 10.7. The number of halogens is 3. The molecule has 0 saturated carbocycles. The number of fused-ring (bicyclic) bond motifs is 1. The van der Waals surface area contributed by atoms with Gasteiger partial charge < -0.3 is 15.0 Å². The molecule has 140 valence electrons. The summed E-state index contributed by atoms with van der Waals surface area (Å²) >= 11 is 19.5. The molecule has 8 heteroatoms. The number of hydrogen-bond acceptors (Lipinski definition) is 4. The summed E-state index contributed by atoms with van der Waals surface area (Å²) in [5, 5.41) is 4.54. The van der Waals surface area contributed by atoms with Crippen LogP contribution in [0, 0.1) is 5.92 Å². The summed E-state index contributed by atoms with van der Waals surface area (Å²) in [5.74, 6) is 0.136. The van der Waals surface area contributed by atoms with Gasteiger partial charge in [-0.15, -0.1) is 11.3 Å². The summed E-state index contributed by atoms with van der Waals surface area (Å²) in [4.78, 5) is 15.4. The minimum atomic E-state index is -1.71. The van der Waals surface area contributed by atoms with Crippen LogP contribution in [0.4, 0.5) is 0 Å². The van der Waals surface area contributed by atoms with Gasteiger partial charge in [-0.2, -0.15) is 0 Å². The smallest absolute Gasteiger partial charge is 0.263 e. The lowest BCUT2D eigenvalue weighted by molar-refractivity contribution is -0.0324. The Morgan fingerprint density at radius 1 is 1.32 bits per heavy atom. The molecule has 2 aliphatic rings. The van der Waals surface area contributed by atoms with Crippen LogP contribution in [0.2, 0.25) is 0 Å². The van der Waals surface area contributed by atoms with Crippen LogP contribution in [0.15, 0.2) is 17.5 Å². The zero-order chi connectivity index (χ0) is 17.9. The first kappa shape index (κ1) is 19.7. The van der Waals surface area contributed by atoms with Gasteiger partial charge in [0.15, 0.2) is 6.23 Å². The molecule has 0 aromatic carbocycles. The largest absolute Gasteiger partial charge is 0.354 e. The molecule has 0 bridgehead atoms. The fourth-order valence-corrected chi connectivity index (χ4v) is 4.79. The van der Waals surface area contributed by atoms with E-state index in [1.807, 2.05) is 11.4 Å². The SMILES string of the molecule is O=C(N[C@@H](OC[C@@H]1CCCN2CCCC[C@H]12)C(Cl)(Cl)Cl)c1cccs1. The van der Waals surface area contributed by atoms with Gasteiger partial charge in [0.25, 0.3) is 5.91 Å². The highest BCUT2D eigenvalue weighted by molar-refractivity contribution is 7.12. The molecule has 3 rings (SSSR count). The quantitative estimate of drug-likeness (QED) is 0.559. The van der Waals surface area contributed by atoms with Gasteiger partial charge in [0.2, 0.25) is 3.79 Å². The van der Waals surface area contributed by atoms with Gasteiger partial charge in [0.05, 0.1) is 11.5 Å². The van der Waals surface area contributed by atoms with Crippen LogP contribution in [0.3, 0.4) is 0 Å². The number of amides is 1. The molecule has 1 amide bonds. The van der Waals surface area contributed by atoms with E-state index in [9.17, 15) is 4.79 Å². The number of ether oxygens (including phenoxy) is 1. The van der Waals surface area contributed by atoms with E-state index in [0.717, 1.165) is 6.42 Å². The number of nitrogens with one attached hydrogen (secondary N) is 1. The van der Waals surface area contributed by atoms with Crippen molar-refractivity contribution in [2.24, 2.45) is 5.92 Å². The predicted octanol–water partition coefficient (Wildman–Crippen LogP) is 4.46. The number of alkyl halides is 3. The average molecular weight is 426 g/mol. The van der Waals surface area contributed by atoms with E-state index < -0.39 is 10.0 Å². The molecule has 4 nitrogen and oxygen atoms in total. The lowest BCUT2D eigenvalue weighted by Gasteiger charge is -2.44. The Kier molecular flexibility index (Phi) is 6.91.